The molecule has 21 heavy (non-hydrogen) atoms. The third-order valence-electron chi connectivity index (χ3n) is 3.16. The first-order chi connectivity index (χ1) is 10.3. The van der Waals surface area contributed by atoms with Crippen molar-refractivity contribution >= 4 is 11.8 Å². The Morgan fingerprint density at radius 1 is 1.05 bits per heavy atom. The van der Waals surface area contributed by atoms with Crippen LogP contribution in [-0.2, 0) is 0 Å². The third kappa shape index (κ3) is 6.23. The molecule has 0 amide bonds. The van der Waals surface area contributed by atoms with Gasteiger partial charge < -0.3 is 10.6 Å². The Morgan fingerprint density at radius 3 is 2.57 bits per heavy atom. The van der Waals surface area contributed by atoms with Crippen LogP contribution in [-0.4, -0.2) is 24.6 Å². The molecule has 0 aliphatic rings. The maximum absolute atomic E-state index is 4.00. The summed E-state index contributed by atoms with van der Waals surface area (Å²) < 4.78 is 0. The molecule has 110 valence electrons. The lowest BCUT2D eigenvalue weighted by Crippen LogP contribution is -2.19. The van der Waals surface area contributed by atoms with Gasteiger partial charge in [0.1, 0.15) is 0 Å². The molecule has 2 aromatic rings. The molecule has 0 aliphatic heterocycles. The first-order valence-electron chi connectivity index (χ1n) is 7.41. The van der Waals surface area contributed by atoms with Crippen molar-refractivity contribution < 1.29 is 0 Å². The van der Waals surface area contributed by atoms with Crippen molar-refractivity contribution in [3.8, 4) is 0 Å². The molecule has 1 aromatic carbocycles. The van der Waals surface area contributed by atoms with E-state index in [9.17, 15) is 0 Å². The van der Waals surface area contributed by atoms with E-state index >= 15 is 0 Å². The molecule has 0 unspecified atom stereocenters. The van der Waals surface area contributed by atoms with E-state index in [0.29, 0.717) is 0 Å². The topological polar surface area (TPSA) is 37.0 Å². The Balaban J connectivity index is 1.58. The Morgan fingerprint density at radius 2 is 1.81 bits per heavy atom. The van der Waals surface area contributed by atoms with E-state index in [-0.39, 0.29) is 0 Å². The predicted octanol–water partition coefficient (Wildman–Crippen LogP) is 3.58. The normalized spacial score (nSPS) is 11.4. The van der Waals surface area contributed by atoms with E-state index in [1.165, 1.54) is 11.1 Å². The molecule has 3 nitrogen and oxygen atoms in total. The molecular weight excluding hydrogens is 258 g/mol. The second-order valence-corrected chi connectivity index (χ2v) is 5.09. The Kier molecular flexibility index (Phi) is 6.49. The van der Waals surface area contributed by atoms with Gasteiger partial charge >= 0.3 is 0 Å². The minimum Gasteiger partial charge on any atom is -0.385 e. The number of nitrogens with zero attached hydrogens (tertiary/aromatic N) is 1. The molecule has 2 rings (SSSR count). The summed E-state index contributed by atoms with van der Waals surface area (Å²) in [5.41, 5.74) is 3.74. The average Bonchev–Trinajstić information content (AvgIpc) is 2.53. The van der Waals surface area contributed by atoms with Crippen molar-refractivity contribution in [1.82, 2.24) is 10.3 Å². The first kappa shape index (κ1) is 15.3. The highest BCUT2D eigenvalue weighted by molar-refractivity contribution is 5.52. The Labute approximate surface area is 127 Å². The van der Waals surface area contributed by atoms with Gasteiger partial charge in [-0.25, -0.2) is 0 Å². The summed E-state index contributed by atoms with van der Waals surface area (Å²) in [6.45, 7) is 5.08. The second kappa shape index (κ2) is 8.93. The average molecular weight is 281 g/mol. The van der Waals surface area contributed by atoms with E-state index in [2.05, 4.69) is 52.9 Å². The number of benzene rings is 1. The number of hydrogen-bond acceptors (Lipinski definition) is 3. The quantitative estimate of drug-likeness (QED) is 0.726. The van der Waals surface area contributed by atoms with Gasteiger partial charge in [0.25, 0.3) is 0 Å². The van der Waals surface area contributed by atoms with Crippen molar-refractivity contribution in [1.29, 1.82) is 0 Å². The zero-order valence-electron chi connectivity index (χ0n) is 12.5. The number of nitrogens with one attached hydrogen (secondary N) is 2. The molecule has 2 N–H and O–H groups in total. The standard InChI is InChI=1S/C18H23N3/c1-16(14-17-6-3-2-4-7-17)15-20-10-5-11-21-18-8-12-19-13-9-18/h2-4,6-9,12-14,20H,5,10-11,15H2,1H3,(H,19,21)/b16-14+. The summed E-state index contributed by atoms with van der Waals surface area (Å²) in [6.07, 6.45) is 6.93. The molecule has 0 aliphatic carbocycles. The SMILES string of the molecule is C/C(=C\c1ccccc1)CNCCCNc1ccncc1. The van der Waals surface area contributed by atoms with Gasteiger partial charge in [0.2, 0.25) is 0 Å². The third-order valence-corrected chi connectivity index (χ3v) is 3.16. The molecule has 1 heterocycles. The van der Waals surface area contributed by atoms with Crippen molar-refractivity contribution in [3.63, 3.8) is 0 Å². The van der Waals surface area contributed by atoms with E-state index < -0.39 is 0 Å². The van der Waals surface area contributed by atoms with E-state index in [0.717, 1.165) is 31.7 Å². The molecule has 0 fully saturated rings. The fourth-order valence-corrected chi connectivity index (χ4v) is 2.09. The van der Waals surface area contributed by atoms with E-state index in [1.807, 2.05) is 18.2 Å². The van der Waals surface area contributed by atoms with Crippen LogP contribution < -0.4 is 10.6 Å². The van der Waals surface area contributed by atoms with Gasteiger partial charge in [-0.1, -0.05) is 42.0 Å². The Hall–Kier alpha value is -2.13. The molecule has 0 saturated carbocycles. The predicted molar refractivity (Wildman–Crippen MR) is 90.3 cm³/mol. The van der Waals surface area contributed by atoms with Crippen molar-refractivity contribution in [2.45, 2.75) is 13.3 Å². The van der Waals surface area contributed by atoms with E-state index in [1.54, 1.807) is 12.4 Å². The summed E-state index contributed by atoms with van der Waals surface area (Å²) in [5.74, 6) is 0. The van der Waals surface area contributed by atoms with Crippen LogP contribution in [0.15, 0.2) is 60.4 Å². The van der Waals surface area contributed by atoms with Crippen molar-refractivity contribution in [2.24, 2.45) is 0 Å². The van der Waals surface area contributed by atoms with E-state index in [4.69, 9.17) is 0 Å². The molecule has 3 heteroatoms. The van der Waals surface area contributed by atoms with Gasteiger partial charge in [-0.05, 0) is 37.6 Å². The highest BCUT2D eigenvalue weighted by Gasteiger charge is 1.93. The molecule has 1 aromatic heterocycles. The minimum atomic E-state index is 0.935. The number of pyridine rings is 1. The molecule has 0 saturated heterocycles. The fourth-order valence-electron chi connectivity index (χ4n) is 2.09. The van der Waals surface area contributed by atoms with Crippen LogP contribution in [0, 0.1) is 0 Å². The van der Waals surface area contributed by atoms with Gasteiger partial charge in [0.15, 0.2) is 0 Å². The van der Waals surface area contributed by atoms with Crippen LogP contribution >= 0.6 is 0 Å². The maximum atomic E-state index is 4.00. The number of anilines is 1. The lowest BCUT2D eigenvalue weighted by Gasteiger charge is -2.07. The van der Waals surface area contributed by atoms with Gasteiger partial charge in [0.05, 0.1) is 0 Å². The van der Waals surface area contributed by atoms with Gasteiger partial charge in [-0.2, -0.15) is 0 Å². The zero-order chi connectivity index (χ0) is 14.8. The lowest BCUT2D eigenvalue weighted by molar-refractivity contribution is 0.699. The smallest absolute Gasteiger partial charge is 0.0371 e. The highest BCUT2D eigenvalue weighted by atomic mass is 14.9. The van der Waals surface area contributed by atoms with Crippen LogP contribution in [0.5, 0.6) is 0 Å². The fraction of sp³-hybridized carbons (Fsp3) is 0.278. The maximum Gasteiger partial charge on any atom is 0.0371 e. The summed E-state index contributed by atoms with van der Waals surface area (Å²) >= 11 is 0. The monoisotopic (exact) mass is 281 g/mol. The summed E-state index contributed by atoms with van der Waals surface area (Å²) in [6, 6.07) is 14.4. The summed E-state index contributed by atoms with van der Waals surface area (Å²) in [4.78, 5) is 4.00. The first-order valence-corrected chi connectivity index (χ1v) is 7.41. The van der Waals surface area contributed by atoms with Crippen LogP contribution in [0.3, 0.4) is 0 Å². The summed E-state index contributed by atoms with van der Waals surface area (Å²) in [5, 5.41) is 6.85. The van der Waals surface area contributed by atoms with Crippen LogP contribution in [0.2, 0.25) is 0 Å². The molecule has 0 spiro atoms. The number of rotatable bonds is 8. The minimum absolute atomic E-state index is 0.935. The van der Waals surface area contributed by atoms with Gasteiger partial charge in [0, 0.05) is 31.2 Å². The largest absolute Gasteiger partial charge is 0.385 e. The number of hydrogen-bond donors (Lipinski definition) is 2. The van der Waals surface area contributed by atoms with Gasteiger partial charge in [-0.15, -0.1) is 0 Å². The second-order valence-electron chi connectivity index (χ2n) is 5.09. The Bertz CT molecular complexity index is 535. The molecule has 0 radical (unpaired) electrons. The lowest BCUT2D eigenvalue weighted by atomic mass is 10.1. The van der Waals surface area contributed by atoms with Crippen molar-refractivity contribution in [2.75, 3.05) is 25.0 Å². The molecular formula is C18H23N3. The highest BCUT2D eigenvalue weighted by Crippen LogP contribution is 2.05. The molecule has 0 atom stereocenters. The van der Waals surface area contributed by atoms with Gasteiger partial charge in [-0.3, -0.25) is 4.98 Å². The summed E-state index contributed by atoms with van der Waals surface area (Å²) in [7, 11) is 0. The van der Waals surface area contributed by atoms with Crippen LogP contribution in [0.1, 0.15) is 18.9 Å². The van der Waals surface area contributed by atoms with Crippen LogP contribution in [0.4, 0.5) is 5.69 Å². The molecule has 0 bridgehead atoms. The zero-order valence-corrected chi connectivity index (χ0v) is 12.5. The van der Waals surface area contributed by atoms with Crippen molar-refractivity contribution in [3.05, 3.63) is 66.0 Å². The van der Waals surface area contributed by atoms with Crippen LogP contribution in [0.25, 0.3) is 6.08 Å². The number of aromatic nitrogens is 1.